The van der Waals surface area contributed by atoms with Crippen LogP contribution < -0.4 is 10.1 Å². The lowest BCUT2D eigenvalue weighted by Crippen LogP contribution is -2.27. The predicted molar refractivity (Wildman–Crippen MR) is 105 cm³/mol. The van der Waals surface area contributed by atoms with Crippen molar-refractivity contribution < 1.29 is 13.9 Å². The average molecular weight is 405 g/mol. The summed E-state index contributed by atoms with van der Waals surface area (Å²) in [6, 6.07) is 13.7. The molecule has 1 heterocycles. The summed E-state index contributed by atoms with van der Waals surface area (Å²) in [7, 11) is 0. The van der Waals surface area contributed by atoms with Crippen LogP contribution in [0.5, 0.6) is 5.75 Å². The van der Waals surface area contributed by atoms with Crippen molar-refractivity contribution in [1.29, 1.82) is 0 Å². The Hall–Kier alpha value is -2.44. The minimum atomic E-state index is -0.253. The van der Waals surface area contributed by atoms with Crippen molar-refractivity contribution in [3.63, 3.8) is 0 Å². The number of aromatic nitrogens is 1. The molecular formula is C20H18ClFN2O2S. The average Bonchev–Trinajstić information content (AvgIpc) is 3.10. The van der Waals surface area contributed by atoms with E-state index in [-0.39, 0.29) is 18.1 Å². The molecule has 0 aliphatic heterocycles. The number of ether oxygens (including phenoxy) is 1. The number of carbonyl (C=O) groups is 1. The molecule has 0 atom stereocenters. The predicted octanol–water partition coefficient (Wildman–Crippen LogP) is 4.42. The van der Waals surface area contributed by atoms with Crippen LogP contribution in [0.25, 0.3) is 0 Å². The molecule has 1 aromatic heterocycles. The summed E-state index contributed by atoms with van der Waals surface area (Å²) < 4.78 is 19.2. The summed E-state index contributed by atoms with van der Waals surface area (Å²) in [6.45, 7) is 0.720. The van der Waals surface area contributed by atoms with E-state index in [2.05, 4.69) is 10.3 Å². The fourth-order valence-electron chi connectivity index (χ4n) is 2.44. The number of nitrogens with zero attached hydrogens (tertiary/aromatic N) is 1. The molecule has 0 aliphatic rings. The maximum absolute atomic E-state index is 13.5. The van der Waals surface area contributed by atoms with Crippen molar-refractivity contribution in [2.75, 3.05) is 6.54 Å². The Kier molecular flexibility index (Phi) is 6.79. The van der Waals surface area contributed by atoms with Gasteiger partial charge < -0.3 is 10.1 Å². The highest BCUT2D eigenvalue weighted by atomic mass is 35.5. The molecule has 0 unspecified atom stereocenters. The third-order valence-electron chi connectivity index (χ3n) is 3.79. The van der Waals surface area contributed by atoms with Crippen molar-refractivity contribution in [1.82, 2.24) is 10.3 Å². The van der Waals surface area contributed by atoms with Gasteiger partial charge in [0.05, 0.1) is 12.1 Å². The topological polar surface area (TPSA) is 51.2 Å². The molecule has 3 aromatic rings. The van der Waals surface area contributed by atoms with Gasteiger partial charge in [0.15, 0.2) is 0 Å². The maximum Gasteiger partial charge on any atom is 0.226 e. The first-order valence-electron chi connectivity index (χ1n) is 8.42. The summed E-state index contributed by atoms with van der Waals surface area (Å²) in [5.74, 6) is 0.320. The molecule has 3 rings (SSSR count). The van der Waals surface area contributed by atoms with Gasteiger partial charge in [-0.15, -0.1) is 11.3 Å². The number of hydrogen-bond acceptors (Lipinski definition) is 4. The highest BCUT2D eigenvalue weighted by Gasteiger charge is 2.09. The van der Waals surface area contributed by atoms with Gasteiger partial charge in [-0.05, 0) is 42.3 Å². The van der Waals surface area contributed by atoms with Crippen LogP contribution in [0, 0.1) is 5.82 Å². The molecule has 7 heteroatoms. The Balaban J connectivity index is 1.42. The van der Waals surface area contributed by atoms with E-state index >= 15 is 0 Å². The molecule has 1 amide bonds. The van der Waals surface area contributed by atoms with Gasteiger partial charge in [-0.2, -0.15) is 0 Å². The molecule has 0 saturated carbocycles. The molecule has 0 fully saturated rings. The number of benzene rings is 2. The first-order chi connectivity index (χ1) is 13.1. The fourth-order valence-corrected chi connectivity index (χ4v) is 3.27. The van der Waals surface area contributed by atoms with E-state index in [9.17, 15) is 9.18 Å². The molecule has 0 aliphatic carbocycles. The van der Waals surface area contributed by atoms with Gasteiger partial charge in [0.2, 0.25) is 5.91 Å². The summed E-state index contributed by atoms with van der Waals surface area (Å²) in [5, 5.41) is 6.08. The van der Waals surface area contributed by atoms with Crippen LogP contribution in [0.2, 0.25) is 5.02 Å². The largest absolute Gasteiger partial charge is 0.486 e. The highest BCUT2D eigenvalue weighted by Crippen LogP contribution is 2.18. The van der Waals surface area contributed by atoms with Crippen molar-refractivity contribution >= 4 is 28.8 Å². The van der Waals surface area contributed by atoms with Crippen LogP contribution in [-0.4, -0.2) is 17.4 Å². The number of halogens is 2. The van der Waals surface area contributed by atoms with Crippen molar-refractivity contribution in [2.45, 2.75) is 19.4 Å². The van der Waals surface area contributed by atoms with Gasteiger partial charge in [-0.1, -0.05) is 29.8 Å². The molecule has 2 aromatic carbocycles. The van der Waals surface area contributed by atoms with E-state index in [4.69, 9.17) is 16.3 Å². The fraction of sp³-hybridized carbons (Fsp3) is 0.200. The van der Waals surface area contributed by atoms with E-state index in [0.717, 1.165) is 5.01 Å². The molecular weight excluding hydrogens is 387 g/mol. The lowest BCUT2D eigenvalue weighted by molar-refractivity contribution is -0.120. The zero-order valence-electron chi connectivity index (χ0n) is 14.5. The first-order valence-corrected chi connectivity index (χ1v) is 9.67. The molecule has 4 nitrogen and oxygen atoms in total. The monoisotopic (exact) mass is 404 g/mol. The van der Waals surface area contributed by atoms with Crippen LogP contribution in [0.1, 0.15) is 16.3 Å². The Morgan fingerprint density at radius 2 is 1.96 bits per heavy atom. The number of thiazole rings is 1. The van der Waals surface area contributed by atoms with E-state index in [1.807, 2.05) is 5.38 Å². The van der Waals surface area contributed by atoms with Crippen LogP contribution in [0.3, 0.4) is 0 Å². The van der Waals surface area contributed by atoms with Crippen molar-refractivity contribution in [3.8, 4) is 5.75 Å². The number of amides is 1. The summed E-state index contributed by atoms with van der Waals surface area (Å²) in [5.41, 5.74) is 1.28. The molecule has 140 valence electrons. The number of hydrogen-bond donors (Lipinski definition) is 1. The van der Waals surface area contributed by atoms with E-state index in [1.165, 1.54) is 17.4 Å². The van der Waals surface area contributed by atoms with Gasteiger partial charge in [0.25, 0.3) is 0 Å². The molecule has 0 bridgehead atoms. The van der Waals surface area contributed by atoms with Gasteiger partial charge in [0.1, 0.15) is 23.2 Å². The Morgan fingerprint density at radius 3 is 2.74 bits per heavy atom. The summed E-state index contributed by atoms with van der Waals surface area (Å²) in [6.07, 6.45) is 0.643. The number of carbonyl (C=O) groups excluding carboxylic acids is 1. The van der Waals surface area contributed by atoms with Crippen LogP contribution in [0.15, 0.2) is 53.9 Å². The van der Waals surface area contributed by atoms with E-state index in [0.29, 0.717) is 41.6 Å². The van der Waals surface area contributed by atoms with Gasteiger partial charge in [-0.25, -0.2) is 9.37 Å². The standard InChI is InChI=1S/C20H18ClFN2O2S/c21-15-5-7-17(8-6-15)26-12-20-24-16(13-27-20)11-19(25)23-10-9-14-3-1-2-4-18(14)22/h1-8,13H,9-12H2,(H,23,25). The Morgan fingerprint density at radius 1 is 1.19 bits per heavy atom. The maximum atomic E-state index is 13.5. The lowest BCUT2D eigenvalue weighted by Gasteiger charge is -2.05. The minimum Gasteiger partial charge on any atom is -0.486 e. The minimum absolute atomic E-state index is 0.137. The molecule has 0 spiro atoms. The van der Waals surface area contributed by atoms with Crippen LogP contribution >= 0.6 is 22.9 Å². The second kappa shape index (κ2) is 9.48. The zero-order chi connectivity index (χ0) is 19.1. The van der Waals surface area contributed by atoms with Crippen LogP contribution in [0.4, 0.5) is 4.39 Å². The molecule has 1 N–H and O–H groups in total. The van der Waals surface area contributed by atoms with Gasteiger partial charge in [0, 0.05) is 16.9 Å². The Bertz CT molecular complexity index is 899. The lowest BCUT2D eigenvalue weighted by atomic mass is 10.1. The van der Waals surface area contributed by atoms with Crippen molar-refractivity contribution in [2.24, 2.45) is 0 Å². The first kappa shape index (κ1) is 19.3. The van der Waals surface area contributed by atoms with E-state index < -0.39 is 0 Å². The zero-order valence-corrected chi connectivity index (χ0v) is 16.0. The SMILES string of the molecule is O=C(Cc1csc(COc2ccc(Cl)cc2)n1)NCCc1ccccc1F. The van der Waals surface area contributed by atoms with Gasteiger partial charge in [-0.3, -0.25) is 4.79 Å². The quantitative estimate of drug-likeness (QED) is 0.604. The second-order valence-corrected chi connectivity index (χ2v) is 7.22. The van der Waals surface area contributed by atoms with Crippen molar-refractivity contribution in [3.05, 3.63) is 81.0 Å². The molecule has 27 heavy (non-hydrogen) atoms. The summed E-state index contributed by atoms with van der Waals surface area (Å²) in [4.78, 5) is 16.4. The molecule has 0 radical (unpaired) electrons. The third-order valence-corrected chi connectivity index (χ3v) is 4.91. The molecule has 0 saturated heterocycles. The third kappa shape index (κ3) is 6.05. The normalized spacial score (nSPS) is 10.6. The second-order valence-electron chi connectivity index (χ2n) is 5.84. The summed E-state index contributed by atoms with van der Waals surface area (Å²) >= 11 is 7.28. The smallest absolute Gasteiger partial charge is 0.226 e. The number of nitrogens with one attached hydrogen (secondary N) is 1. The number of rotatable bonds is 8. The van der Waals surface area contributed by atoms with Crippen LogP contribution in [-0.2, 0) is 24.2 Å². The van der Waals surface area contributed by atoms with E-state index in [1.54, 1.807) is 42.5 Å². The van der Waals surface area contributed by atoms with Gasteiger partial charge >= 0.3 is 0 Å². The highest BCUT2D eigenvalue weighted by molar-refractivity contribution is 7.09. The Labute approximate surface area is 166 Å².